The number of ether oxygens (including phenoxy) is 2. The molecule has 3 rings (SSSR count). The van der Waals surface area contributed by atoms with Crippen molar-refractivity contribution in [2.45, 2.75) is 38.1 Å². The number of likely N-dealkylation sites (N-methyl/N-ethyl adjacent to an activating group) is 1. The minimum Gasteiger partial charge on any atom is -0.493 e. The van der Waals surface area contributed by atoms with Gasteiger partial charge in [-0.25, -0.2) is 8.42 Å². The van der Waals surface area contributed by atoms with Crippen LogP contribution >= 0.6 is 11.3 Å². The van der Waals surface area contributed by atoms with Crippen LogP contribution in [0.3, 0.4) is 0 Å². The summed E-state index contributed by atoms with van der Waals surface area (Å²) < 4.78 is 38.6. The molecular formula is C23H33N3O5S2. The van der Waals surface area contributed by atoms with Crippen molar-refractivity contribution in [1.29, 1.82) is 0 Å². The molecule has 0 bridgehead atoms. The lowest BCUT2D eigenvalue weighted by atomic mass is 10.2. The summed E-state index contributed by atoms with van der Waals surface area (Å²) in [4.78, 5) is 15.4. The lowest BCUT2D eigenvalue weighted by Crippen LogP contribution is -2.30. The predicted octanol–water partition coefficient (Wildman–Crippen LogP) is 3.19. The van der Waals surface area contributed by atoms with Gasteiger partial charge in [0.2, 0.25) is 10.0 Å². The van der Waals surface area contributed by atoms with Crippen molar-refractivity contribution in [3.8, 4) is 11.5 Å². The van der Waals surface area contributed by atoms with E-state index in [2.05, 4.69) is 24.1 Å². The molecule has 1 aliphatic heterocycles. The van der Waals surface area contributed by atoms with Crippen LogP contribution in [0, 0.1) is 0 Å². The smallest absolute Gasteiger partial charge is 0.263 e. The average molecular weight is 496 g/mol. The summed E-state index contributed by atoms with van der Waals surface area (Å²) in [6, 6.07) is 7.03. The summed E-state index contributed by atoms with van der Waals surface area (Å²) in [7, 11) is -2.07. The Hall–Kier alpha value is -2.14. The first kappa shape index (κ1) is 25.5. The highest BCUT2D eigenvalue weighted by molar-refractivity contribution is 7.89. The van der Waals surface area contributed by atoms with Crippen molar-refractivity contribution in [2.24, 2.45) is 0 Å². The number of benzene rings is 1. The fourth-order valence-electron chi connectivity index (χ4n) is 3.76. The zero-order valence-corrected chi connectivity index (χ0v) is 21.1. The molecule has 1 aliphatic rings. The van der Waals surface area contributed by atoms with Gasteiger partial charge in [0.1, 0.15) is 16.4 Å². The number of thiophene rings is 1. The third-order valence-corrected chi connectivity index (χ3v) is 8.74. The predicted molar refractivity (Wildman–Crippen MR) is 130 cm³/mol. The molecule has 1 amide bonds. The van der Waals surface area contributed by atoms with Gasteiger partial charge in [0.25, 0.3) is 5.91 Å². The quantitative estimate of drug-likeness (QED) is 0.487. The Kier molecular flexibility index (Phi) is 9.13. The van der Waals surface area contributed by atoms with Gasteiger partial charge in [0.05, 0.1) is 7.11 Å². The second kappa shape index (κ2) is 11.8. The molecule has 2 aromatic rings. The van der Waals surface area contributed by atoms with Crippen LogP contribution in [0.25, 0.3) is 0 Å². The van der Waals surface area contributed by atoms with E-state index in [0.717, 1.165) is 49.4 Å². The Bertz CT molecular complexity index is 1030. The monoisotopic (exact) mass is 495 g/mol. The number of sulfonamides is 1. The lowest BCUT2D eigenvalue weighted by Gasteiger charge is -2.19. The summed E-state index contributed by atoms with van der Waals surface area (Å²) in [6.45, 7) is 8.82. The zero-order chi connectivity index (χ0) is 23.8. The van der Waals surface area contributed by atoms with Gasteiger partial charge in [-0.05, 0) is 55.1 Å². The van der Waals surface area contributed by atoms with Gasteiger partial charge >= 0.3 is 0 Å². The number of methoxy groups -OCH3 is 1. The molecular weight excluding hydrogens is 462 g/mol. The van der Waals surface area contributed by atoms with E-state index in [1.807, 2.05) is 18.2 Å². The Balaban J connectivity index is 1.62. The molecule has 10 heteroatoms. The van der Waals surface area contributed by atoms with Gasteiger partial charge < -0.3 is 19.7 Å². The highest BCUT2D eigenvalue weighted by atomic mass is 32.2. The van der Waals surface area contributed by atoms with E-state index >= 15 is 0 Å². The van der Waals surface area contributed by atoms with E-state index in [9.17, 15) is 13.2 Å². The third kappa shape index (κ3) is 6.26. The number of nitrogens with one attached hydrogen (secondary N) is 1. The molecule has 8 nitrogen and oxygen atoms in total. The highest BCUT2D eigenvalue weighted by Crippen LogP contribution is 2.29. The van der Waals surface area contributed by atoms with Crippen molar-refractivity contribution in [3.05, 3.63) is 40.1 Å². The second-order valence-corrected chi connectivity index (χ2v) is 10.6. The van der Waals surface area contributed by atoms with Crippen LogP contribution < -0.4 is 14.8 Å². The standard InChI is InChI=1S/C23H33N3O5S2/c1-4-25(5-2)13-14-31-19-9-8-18(16-20(19)30-3)17-24-23(27)22-21(10-15-32-22)33(28,29)26-11-6-7-12-26/h8-10,15-16H,4-7,11-14,17H2,1-3H3,(H,24,27). The fourth-order valence-corrected chi connectivity index (χ4v) is 6.60. The molecule has 1 N–H and O–H groups in total. The van der Waals surface area contributed by atoms with Crippen molar-refractivity contribution < 1.29 is 22.7 Å². The molecule has 0 atom stereocenters. The van der Waals surface area contributed by atoms with Crippen LogP contribution in [0.15, 0.2) is 34.5 Å². The van der Waals surface area contributed by atoms with E-state index in [4.69, 9.17) is 9.47 Å². The van der Waals surface area contributed by atoms with E-state index in [1.165, 1.54) is 10.4 Å². The Morgan fingerprint density at radius 2 is 1.88 bits per heavy atom. The molecule has 33 heavy (non-hydrogen) atoms. The first-order chi connectivity index (χ1) is 15.9. The first-order valence-electron chi connectivity index (χ1n) is 11.3. The molecule has 0 aliphatic carbocycles. The van der Waals surface area contributed by atoms with Gasteiger partial charge in [0.15, 0.2) is 11.5 Å². The van der Waals surface area contributed by atoms with Crippen LogP contribution in [-0.2, 0) is 16.6 Å². The molecule has 0 spiro atoms. The zero-order valence-electron chi connectivity index (χ0n) is 19.5. The summed E-state index contributed by atoms with van der Waals surface area (Å²) in [5, 5.41) is 4.48. The summed E-state index contributed by atoms with van der Waals surface area (Å²) in [5.74, 6) is 0.841. The minimum atomic E-state index is -3.65. The SMILES string of the molecule is CCN(CC)CCOc1ccc(CNC(=O)c2sccc2S(=O)(=O)N2CCCC2)cc1OC. The number of amides is 1. The number of hydrogen-bond acceptors (Lipinski definition) is 7. The average Bonchev–Trinajstić information content (AvgIpc) is 3.54. The summed E-state index contributed by atoms with van der Waals surface area (Å²) >= 11 is 1.14. The number of carbonyl (C=O) groups excluding carboxylic acids is 1. The van der Waals surface area contributed by atoms with Crippen LogP contribution in [-0.4, -0.2) is 70.0 Å². The summed E-state index contributed by atoms with van der Waals surface area (Å²) in [5.41, 5.74) is 0.830. The number of rotatable bonds is 12. The largest absolute Gasteiger partial charge is 0.493 e. The van der Waals surface area contributed by atoms with Gasteiger partial charge in [-0.1, -0.05) is 19.9 Å². The highest BCUT2D eigenvalue weighted by Gasteiger charge is 2.31. The topological polar surface area (TPSA) is 88.2 Å². The Morgan fingerprint density at radius 1 is 1.15 bits per heavy atom. The fraction of sp³-hybridized carbons (Fsp3) is 0.522. The van der Waals surface area contributed by atoms with Crippen LogP contribution in [0.1, 0.15) is 41.9 Å². The van der Waals surface area contributed by atoms with Crippen LogP contribution in [0.4, 0.5) is 0 Å². The third-order valence-electron chi connectivity index (χ3n) is 5.76. The number of hydrogen-bond donors (Lipinski definition) is 1. The van der Waals surface area contributed by atoms with Crippen LogP contribution in [0.2, 0.25) is 0 Å². The molecule has 1 aromatic heterocycles. The van der Waals surface area contributed by atoms with Gasteiger partial charge in [0, 0.05) is 26.2 Å². The number of carbonyl (C=O) groups is 1. The normalized spacial score (nSPS) is 14.5. The maximum atomic E-state index is 12.9. The van der Waals surface area contributed by atoms with Gasteiger partial charge in [-0.2, -0.15) is 4.31 Å². The first-order valence-corrected chi connectivity index (χ1v) is 13.6. The molecule has 0 saturated carbocycles. The Morgan fingerprint density at radius 3 is 2.55 bits per heavy atom. The van der Waals surface area contributed by atoms with Crippen molar-refractivity contribution in [2.75, 3.05) is 46.4 Å². The van der Waals surface area contributed by atoms with Crippen molar-refractivity contribution in [1.82, 2.24) is 14.5 Å². The van der Waals surface area contributed by atoms with E-state index < -0.39 is 15.9 Å². The lowest BCUT2D eigenvalue weighted by molar-refractivity contribution is 0.0952. The van der Waals surface area contributed by atoms with Crippen molar-refractivity contribution >= 4 is 27.3 Å². The molecule has 0 unspecified atom stereocenters. The van der Waals surface area contributed by atoms with E-state index in [-0.39, 0.29) is 16.3 Å². The van der Waals surface area contributed by atoms with Crippen molar-refractivity contribution in [3.63, 3.8) is 0 Å². The second-order valence-electron chi connectivity index (χ2n) is 7.77. The maximum Gasteiger partial charge on any atom is 0.263 e. The summed E-state index contributed by atoms with van der Waals surface area (Å²) in [6.07, 6.45) is 1.70. The minimum absolute atomic E-state index is 0.0847. The molecule has 1 aromatic carbocycles. The van der Waals surface area contributed by atoms with E-state index in [1.54, 1.807) is 12.5 Å². The molecule has 182 valence electrons. The van der Waals surface area contributed by atoms with E-state index in [0.29, 0.717) is 31.2 Å². The van der Waals surface area contributed by atoms with Gasteiger partial charge in [-0.3, -0.25) is 4.79 Å². The van der Waals surface area contributed by atoms with Crippen LogP contribution in [0.5, 0.6) is 11.5 Å². The molecule has 1 fully saturated rings. The molecule has 2 heterocycles. The number of nitrogens with zero attached hydrogens (tertiary/aromatic N) is 2. The van der Waals surface area contributed by atoms with Gasteiger partial charge in [-0.15, -0.1) is 11.3 Å². The molecule has 1 saturated heterocycles. The maximum absolute atomic E-state index is 12.9. The molecule has 0 radical (unpaired) electrons. The Labute approximate surface area is 200 Å².